The average molecular weight is 410 g/mol. The minimum atomic E-state index is -0.234. The van der Waals surface area contributed by atoms with Crippen LogP contribution in [0.5, 0.6) is 11.5 Å². The third-order valence-electron chi connectivity index (χ3n) is 4.71. The molecule has 2 aliphatic rings. The molecule has 5 rings (SSSR count). The molecule has 3 aromatic rings. The maximum atomic E-state index is 12.1. The lowest BCUT2D eigenvalue weighted by Crippen LogP contribution is -2.50. The maximum Gasteiger partial charge on any atom is 0.237 e. The van der Waals surface area contributed by atoms with Crippen molar-refractivity contribution in [3.05, 3.63) is 60.0 Å². The Hall–Kier alpha value is -3.04. The summed E-state index contributed by atoms with van der Waals surface area (Å²) in [6.45, 7) is 0.219. The lowest BCUT2D eigenvalue weighted by molar-refractivity contribution is -0.123. The first-order chi connectivity index (χ1) is 14.2. The number of benzene rings is 2. The van der Waals surface area contributed by atoms with Crippen LogP contribution >= 0.6 is 11.8 Å². The molecular formula is C20H18N4O4S. The van der Waals surface area contributed by atoms with Gasteiger partial charge < -0.3 is 19.3 Å². The molecule has 0 saturated carbocycles. The number of rotatable bonds is 5. The van der Waals surface area contributed by atoms with Crippen LogP contribution in [0, 0.1) is 0 Å². The topological polar surface area (TPSA) is 98.5 Å². The quantitative estimate of drug-likeness (QED) is 0.663. The van der Waals surface area contributed by atoms with Crippen molar-refractivity contribution < 1.29 is 18.8 Å². The highest BCUT2D eigenvalue weighted by Gasteiger charge is 2.27. The Labute approximate surface area is 171 Å². The van der Waals surface area contributed by atoms with Gasteiger partial charge in [0, 0.05) is 18.0 Å². The maximum absolute atomic E-state index is 12.1. The zero-order chi connectivity index (χ0) is 19.6. The van der Waals surface area contributed by atoms with Crippen LogP contribution < -0.4 is 20.1 Å². The molecule has 2 aromatic carbocycles. The van der Waals surface area contributed by atoms with Crippen molar-refractivity contribution in [2.24, 2.45) is 0 Å². The van der Waals surface area contributed by atoms with Gasteiger partial charge in [-0.25, -0.2) is 0 Å². The number of hydrogen-bond acceptors (Lipinski definition) is 8. The first-order valence-corrected chi connectivity index (χ1v) is 10.2. The Morgan fingerprint density at radius 3 is 2.86 bits per heavy atom. The van der Waals surface area contributed by atoms with E-state index in [0.29, 0.717) is 35.4 Å². The Morgan fingerprint density at radius 2 is 1.97 bits per heavy atom. The number of nitrogens with zero attached hydrogens (tertiary/aromatic N) is 2. The molecule has 1 fully saturated rings. The number of carbonyl (C=O) groups is 1. The molecule has 2 N–H and O–H groups in total. The number of carbonyl (C=O) groups excluding carboxylic acids is 1. The van der Waals surface area contributed by atoms with E-state index < -0.39 is 0 Å². The molecule has 2 aliphatic heterocycles. The van der Waals surface area contributed by atoms with Gasteiger partial charge in [0.25, 0.3) is 0 Å². The van der Waals surface area contributed by atoms with E-state index in [2.05, 4.69) is 20.8 Å². The van der Waals surface area contributed by atoms with Gasteiger partial charge in [0.05, 0.1) is 5.75 Å². The van der Waals surface area contributed by atoms with E-state index in [0.717, 1.165) is 11.1 Å². The third-order valence-corrected chi connectivity index (χ3v) is 5.71. The summed E-state index contributed by atoms with van der Waals surface area (Å²) in [6.07, 6.45) is 0.413. The molecule has 1 saturated heterocycles. The van der Waals surface area contributed by atoms with Crippen LogP contribution in [0.2, 0.25) is 0 Å². The first-order valence-electron chi connectivity index (χ1n) is 9.19. The second kappa shape index (κ2) is 7.76. The number of hydrogen-bond donors (Lipinski definition) is 2. The van der Waals surface area contributed by atoms with E-state index in [1.165, 1.54) is 11.8 Å². The van der Waals surface area contributed by atoms with Gasteiger partial charge in [-0.15, -0.1) is 11.8 Å². The number of nitrogens with one attached hydrogen (secondary N) is 2. The van der Waals surface area contributed by atoms with Crippen LogP contribution in [0.4, 0.5) is 0 Å². The summed E-state index contributed by atoms with van der Waals surface area (Å²) in [4.78, 5) is 16.6. The molecule has 1 aromatic heterocycles. The summed E-state index contributed by atoms with van der Waals surface area (Å²) in [5, 5.41) is 10.4. The van der Waals surface area contributed by atoms with Crippen molar-refractivity contribution in [3.8, 4) is 22.9 Å². The van der Waals surface area contributed by atoms with Gasteiger partial charge in [0.1, 0.15) is 5.50 Å². The van der Waals surface area contributed by atoms with Gasteiger partial charge in [-0.05, 0) is 23.8 Å². The second-order valence-corrected chi connectivity index (χ2v) is 7.77. The van der Waals surface area contributed by atoms with Crippen LogP contribution in [-0.4, -0.2) is 28.3 Å². The average Bonchev–Trinajstić information content (AvgIpc) is 3.41. The molecule has 2 unspecified atom stereocenters. The molecule has 1 amide bonds. The fourth-order valence-electron chi connectivity index (χ4n) is 3.28. The van der Waals surface area contributed by atoms with Gasteiger partial charge in [-0.1, -0.05) is 35.5 Å². The Balaban J connectivity index is 1.23. The fraction of sp³-hybridized carbons (Fsp3) is 0.250. The van der Waals surface area contributed by atoms with E-state index in [9.17, 15) is 4.79 Å². The number of amides is 1. The molecule has 148 valence electrons. The van der Waals surface area contributed by atoms with Crippen LogP contribution in [0.15, 0.2) is 53.1 Å². The molecule has 3 heterocycles. The summed E-state index contributed by atoms with van der Waals surface area (Å²) in [5.41, 5.74) is 1.65. The molecule has 0 spiro atoms. The summed E-state index contributed by atoms with van der Waals surface area (Å²) in [6, 6.07) is 15.5. The van der Waals surface area contributed by atoms with E-state index in [1.54, 1.807) is 0 Å². The summed E-state index contributed by atoms with van der Waals surface area (Å²) in [5.74, 6) is 2.84. The normalized spacial score (nSPS) is 20.5. The van der Waals surface area contributed by atoms with Gasteiger partial charge in [0.15, 0.2) is 11.5 Å². The predicted molar refractivity (Wildman–Crippen MR) is 106 cm³/mol. The SMILES string of the molecule is O=C1CC(c2ccccc2)NC(SCc2nc(-c3ccc4c(c3)OCO4)no2)N1. The monoisotopic (exact) mass is 410 g/mol. The Bertz CT molecular complexity index is 1030. The Morgan fingerprint density at radius 1 is 1.10 bits per heavy atom. The molecule has 0 bridgehead atoms. The summed E-state index contributed by atoms with van der Waals surface area (Å²) < 4.78 is 16.1. The number of aromatic nitrogens is 2. The van der Waals surface area contributed by atoms with Crippen LogP contribution in [0.3, 0.4) is 0 Å². The van der Waals surface area contributed by atoms with Crippen molar-refractivity contribution in [1.29, 1.82) is 0 Å². The van der Waals surface area contributed by atoms with Gasteiger partial charge in [0.2, 0.25) is 24.4 Å². The minimum Gasteiger partial charge on any atom is -0.454 e. The summed E-state index contributed by atoms with van der Waals surface area (Å²) in [7, 11) is 0. The number of ether oxygens (including phenoxy) is 2. The smallest absolute Gasteiger partial charge is 0.237 e. The van der Waals surface area contributed by atoms with E-state index in [1.807, 2.05) is 48.5 Å². The van der Waals surface area contributed by atoms with Crippen molar-refractivity contribution in [1.82, 2.24) is 20.8 Å². The highest BCUT2D eigenvalue weighted by atomic mass is 32.2. The second-order valence-electron chi connectivity index (χ2n) is 6.67. The number of thioether (sulfide) groups is 1. The fourth-order valence-corrected chi connectivity index (χ4v) is 4.19. The zero-order valence-corrected chi connectivity index (χ0v) is 16.1. The lowest BCUT2D eigenvalue weighted by atomic mass is 10.0. The highest BCUT2D eigenvalue weighted by Crippen LogP contribution is 2.35. The molecule has 9 heteroatoms. The minimum absolute atomic E-state index is 0.0154. The molecule has 8 nitrogen and oxygen atoms in total. The van der Waals surface area contributed by atoms with Crippen molar-refractivity contribution >= 4 is 17.7 Å². The van der Waals surface area contributed by atoms with Crippen molar-refractivity contribution in [2.75, 3.05) is 6.79 Å². The predicted octanol–water partition coefficient (Wildman–Crippen LogP) is 2.83. The van der Waals surface area contributed by atoms with Crippen molar-refractivity contribution in [3.63, 3.8) is 0 Å². The van der Waals surface area contributed by atoms with E-state index in [4.69, 9.17) is 14.0 Å². The zero-order valence-electron chi connectivity index (χ0n) is 15.3. The first kappa shape index (κ1) is 18.0. The van der Waals surface area contributed by atoms with Crippen LogP contribution in [0.1, 0.15) is 23.9 Å². The Kier molecular flexibility index (Phi) is 4.82. The van der Waals surface area contributed by atoms with Crippen LogP contribution in [0.25, 0.3) is 11.4 Å². The standard InChI is InChI=1S/C20H18N4O4S/c25-17-9-14(12-4-2-1-3-5-12)21-20(22-17)29-10-18-23-19(24-28-18)13-6-7-15-16(8-13)27-11-26-15/h1-8,14,20-21H,9-11H2,(H,22,25). The summed E-state index contributed by atoms with van der Waals surface area (Å²) >= 11 is 1.50. The van der Waals surface area contributed by atoms with E-state index in [-0.39, 0.29) is 24.2 Å². The highest BCUT2D eigenvalue weighted by molar-refractivity contribution is 7.99. The molecule has 2 atom stereocenters. The van der Waals surface area contributed by atoms with Crippen LogP contribution in [-0.2, 0) is 10.5 Å². The van der Waals surface area contributed by atoms with Gasteiger partial charge in [-0.3, -0.25) is 10.1 Å². The molecule has 0 radical (unpaired) electrons. The van der Waals surface area contributed by atoms with Crippen molar-refractivity contribution in [2.45, 2.75) is 23.7 Å². The molecule has 29 heavy (non-hydrogen) atoms. The van der Waals surface area contributed by atoms with Gasteiger partial charge >= 0.3 is 0 Å². The largest absolute Gasteiger partial charge is 0.454 e. The van der Waals surface area contributed by atoms with Gasteiger partial charge in [-0.2, -0.15) is 4.98 Å². The lowest BCUT2D eigenvalue weighted by Gasteiger charge is -2.31. The number of fused-ring (bicyclic) bond motifs is 1. The molecule has 0 aliphatic carbocycles. The molecular weight excluding hydrogens is 392 g/mol. The third kappa shape index (κ3) is 3.92. The van der Waals surface area contributed by atoms with E-state index >= 15 is 0 Å².